The second-order valence-electron chi connectivity index (χ2n) is 8.70. The Morgan fingerprint density at radius 3 is 2.35 bits per heavy atom. The zero-order valence-corrected chi connectivity index (χ0v) is 21.1. The lowest BCUT2D eigenvalue weighted by molar-refractivity contribution is 0.0712. The van der Waals surface area contributed by atoms with Gasteiger partial charge in [-0.3, -0.25) is 4.79 Å². The van der Waals surface area contributed by atoms with Crippen LogP contribution in [0.15, 0.2) is 36.4 Å². The van der Waals surface area contributed by atoms with E-state index in [0.29, 0.717) is 24.0 Å². The van der Waals surface area contributed by atoms with Crippen molar-refractivity contribution >= 4 is 18.3 Å². The van der Waals surface area contributed by atoms with Crippen molar-refractivity contribution in [2.75, 3.05) is 60.7 Å². The maximum atomic E-state index is 13.1. The Balaban J connectivity index is 0.00000324. The predicted octanol–water partition coefficient (Wildman–Crippen LogP) is 3.92. The monoisotopic (exact) mass is 490 g/mol. The van der Waals surface area contributed by atoms with Crippen molar-refractivity contribution in [3.63, 3.8) is 0 Å². The normalized spacial score (nSPS) is 17.7. The van der Waals surface area contributed by atoms with Crippen LogP contribution in [0.2, 0.25) is 0 Å². The number of halogens is 1. The molecule has 1 unspecified atom stereocenters. The fourth-order valence-electron chi connectivity index (χ4n) is 4.76. The molecule has 0 spiro atoms. The molecule has 4 rings (SSSR count). The molecule has 186 valence electrons. The van der Waals surface area contributed by atoms with Gasteiger partial charge in [0.1, 0.15) is 11.5 Å². The van der Waals surface area contributed by atoms with Crippen LogP contribution in [-0.2, 0) is 6.42 Å². The van der Waals surface area contributed by atoms with E-state index in [1.54, 1.807) is 21.3 Å². The highest BCUT2D eigenvalue weighted by Gasteiger charge is 2.30. The summed E-state index contributed by atoms with van der Waals surface area (Å²) in [4.78, 5) is 17.6. The third-order valence-corrected chi connectivity index (χ3v) is 6.57. The lowest BCUT2D eigenvalue weighted by Gasteiger charge is -2.31. The van der Waals surface area contributed by atoms with Crippen LogP contribution in [0.25, 0.3) is 0 Å². The van der Waals surface area contributed by atoms with Crippen LogP contribution >= 0.6 is 12.4 Å². The van der Waals surface area contributed by atoms with E-state index in [-0.39, 0.29) is 18.3 Å². The van der Waals surface area contributed by atoms with Gasteiger partial charge in [0.15, 0.2) is 11.5 Å². The fourth-order valence-corrected chi connectivity index (χ4v) is 4.76. The van der Waals surface area contributed by atoms with Crippen molar-refractivity contribution in [1.29, 1.82) is 0 Å². The SMILES string of the molecule is COc1ccc(OCCCN2CCC(CN3CCc4cc(OC)c(OC)cc4C3=O)C2)cc1.Cl. The van der Waals surface area contributed by atoms with Gasteiger partial charge >= 0.3 is 0 Å². The highest BCUT2D eigenvalue weighted by Crippen LogP contribution is 2.33. The third-order valence-electron chi connectivity index (χ3n) is 6.57. The predicted molar refractivity (Wildman–Crippen MR) is 134 cm³/mol. The molecule has 0 N–H and O–H groups in total. The van der Waals surface area contributed by atoms with E-state index in [0.717, 1.165) is 74.6 Å². The van der Waals surface area contributed by atoms with Gasteiger partial charge in [0.05, 0.1) is 27.9 Å². The van der Waals surface area contributed by atoms with Gasteiger partial charge in [-0.1, -0.05) is 0 Å². The second kappa shape index (κ2) is 12.2. The molecular formula is C26H35ClN2O5. The fraction of sp³-hybridized carbons (Fsp3) is 0.500. The second-order valence-corrected chi connectivity index (χ2v) is 8.70. The number of ether oxygens (including phenoxy) is 4. The van der Waals surface area contributed by atoms with Crippen LogP contribution in [0.4, 0.5) is 0 Å². The average Bonchev–Trinajstić information content (AvgIpc) is 3.30. The molecule has 2 aliphatic rings. The van der Waals surface area contributed by atoms with Crippen molar-refractivity contribution in [3.8, 4) is 23.0 Å². The minimum Gasteiger partial charge on any atom is -0.497 e. The molecule has 0 aliphatic carbocycles. The minimum absolute atomic E-state index is 0. The highest BCUT2D eigenvalue weighted by molar-refractivity contribution is 5.97. The van der Waals surface area contributed by atoms with Crippen molar-refractivity contribution in [2.24, 2.45) is 5.92 Å². The highest BCUT2D eigenvalue weighted by atomic mass is 35.5. The summed E-state index contributed by atoms with van der Waals surface area (Å²) in [5, 5.41) is 0. The van der Waals surface area contributed by atoms with Crippen molar-refractivity contribution in [3.05, 3.63) is 47.5 Å². The maximum Gasteiger partial charge on any atom is 0.254 e. The average molecular weight is 491 g/mol. The van der Waals surface area contributed by atoms with E-state index in [9.17, 15) is 4.79 Å². The molecule has 0 bridgehead atoms. The van der Waals surface area contributed by atoms with Crippen molar-refractivity contribution in [1.82, 2.24) is 9.80 Å². The molecule has 2 aromatic carbocycles. The number of hydrogen-bond acceptors (Lipinski definition) is 6. The first-order valence-electron chi connectivity index (χ1n) is 11.6. The molecule has 1 saturated heterocycles. The van der Waals surface area contributed by atoms with Gasteiger partial charge in [-0.2, -0.15) is 0 Å². The first-order valence-corrected chi connectivity index (χ1v) is 11.6. The Morgan fingerprint density at radius 2 is 1.65 bits per heavy atom. The minimum atomic E-state index is 0. The molecule has 0 saturated carbocycles. The third kappa shape index (κ3) is 6.07. The molecule has 0 aromatic heterocycles. The summed E-state index contributed by atoms with van der Waals surface area (Å²) in [7, 11) is 4.89. The van der Waals surface area contributed by atoms with Gasteiger partial charge in [-0.15, -0.1) is 12.4 Å². The first-order chi connectivity index (χ1) is 16.1. The van der Waals surface area contributed by atoms with Crippen molar-refractivity contribution in [2.45, 2.75) is 19.3 Å². The zero-order chi connectivity index (χ0) is 23.2. The number of carbonyl (C=O) groups excluding carboxylic acids is 1. The van der Waals surface area contributed by atoms with E-state index >= 15 is 0 Å². The maximum absolute atomic E-state index is 13.1. The number of fused-ring (bicyclic) bond motifs is 1. The lowest BCUT2D eigenvalue weighted by atomic mass is 9.96. The first kappa shape index (κ1) is 26.0. The molecule has 2 aromatic rings. The van der Waals surface area contributed by atoms with Crippen LogP contribution in [0.3, 0.4) is 0 Å². The van der Waals surface area contributed by atoms with Crippen LogP contribution in [0, 0.1) is 5.92 Å². The van der Waals surface area contributed by atoms with E-state index in [4.69, 9.17) is 18.9 Å². The number of amides is 1. The molecule has 2 heterocycles. The number of methoxy groups -OCH3 is 3. The number of benzene rings is 2. The van der Waals surface area contributed by atoms with Gasteiger partial charge in [-0.25, -0.2) is 0 Å². The number of likely N-dealkylation sites (tertiary alicyclic amines) is 1. The van der Waals surface area contributed by atoms with Crippen LogP contribution in [-0.4, -0.2) is 76.4 Å². The topological polar surface area (TPSA) is 60.5 Å². The quantitative estimate of drug-likeness (QED) is 0.470. The lowest BCUT2D eigenvalue weighted by Crippen LogP contribution is -2.41. The molecule has 1 fully saturated rings. The standard InChI is InChI=1S/C26H34N2O5.ClH/c1-30-21-5-7-22(8-6-21)33-14-4-11-27-12-9-19(17-27)18-28-13-10-20-15-24(31-2)25(32-3)16-23(20)26(28)29;/h5-8,15-16,19H,4,9-14,17-18H2,1-3H3;1H. The summed E-state index contributed by atoms with van der Waals surface area (Å²) in [6.07, 6.45) is 2.96. The van der Waals surface area contributed by atoms with Gasteiger partial charge in [0.2, 0.25) is 0 Å². The van der Waals surface area contributed by atoms with Crippen LogP contribution < -0.4 is 18.9 Å². The summed E-state index contributed by atoms with van der Waals surface area (Å²) >= 11 is 0. The van der Waals surface area contributed by atoms with E-state index < -0.39 is 0 Å². The van der Waals surface area contributed by atoms with E-state index in [1.807, 2.05) is 41.3 Å². The Bertz CT molecular complexity index is 953. The Labute approximate surface area is 208 Å². The smallest absolute Gasteiger partial charge is 0.254 e. The van der Waals surface area contributed by atoms with Crippen LogP contribution in [0.5, 0.6) is 23.0 Å². The number of carbonyl (C=O) groups is 1. The number of nitrogens with zero attached hydrogens (tertiary/aromatic N) is 2. The molecule has 1 atom stereocenters. The van der Waals surface area contributed by atoms with Gasteiger partial charge in [0.25, 0.3) is 5.91 Å². The Kier molecular flexibility index (Phi) is 9.30. The molecule has 7 nitrogen and oxygen atoms in total. The molecule has 0 radical (unpaired) electrons. The van der Waals surface area contributed by atoms with Crippen LogP contribution in [0.1, 0.15) is 28.8 Å². The molecule has 2 aliphatic heterocycles. The zero-order valence-electron chi connectivity index (χ0n) is 20.2. The molecule has 1 amide bonds. The van der Waals surface area contributed by atoms with Gasteiger partial charge in [-0.05, 0) is 73.7 Å². The Hall–Kier alpha value is -2.64. The summed E-state index contributed by atoms with van der Waals surface area (Å²) in [6.45, 7) is 5.39. The van der Waals surface area contributed by atoms with Gasteiger partial charge < -0.3 is 28.7 Å². The summed E-state index contributed by atoms with van der Waals surface area (Å²) in [5.41, 5.74) is 1.78. The molecule has 8 heteroatoms. The van der Waals surface area contributed by atoms with E-state index in [1.165, 1.54) is 0 Å². The number of rotatable bonds is 10. The summed E-state index contributed by atoms with van der Waals surface area (Å²) in [5.74, 6) is 3.60. The van der Waals surface area contributed by atoms with Gasteiger partial charge in [0, 0.05) is 31.7 Å². The summed E-state index contributed by atoms with van der Waals surface area (Å²) in [6, 6.07) is 11.5. The Morgan fingerprint density at radius 1 is 0.941 bits per heavy atom. The summed E-state index contributed by atoms with van der Waals surface area (Å²) < 4.78 is 21.8. The van der Waals surface area contributed by atoms with E-state index in [2.05, 4.69) is 4.90 Å². The number of hydrogen-bond donors (Lipinski definition) is 0. The molecule has 34 heavy (non-hydrogen) atoms. The van der Waals surface area contributed by atoms with Crippen molar-refractivity contribution < 1.29 is 23.7 Å². The molecular weight excluding hydrogens is 456 g/mol. The largest absolute Gasteiger partial charge is 0.497 e.